The van der Waals surface area contributed by atoms with Gasteiger partial charge in [-0.1, -0.05) is 12.1 Å². The van der Waals surface area contributed by atoms with Gasteiger partial charge in [0.25, 0.3) is 0 Å². The molecule has 19 heavy (non-hydrogen) atoms. The molecule has 0 aliphatic carbocycles. The van der Waals surface area contributed by atoms with Crippen LogP contribution < -0.4 is 10.6 Å². The Balaban J connectivity index is 2.62. The van der Waals surface area contributed by atoms with Gasteiger partial charge in [-0.05, 0) is 6.07 Å². The first kappa shape index (κ1) is 13.5. The highest BCUT2D eigenvalue weighted by Crippen LogP contribution is 2.44. The SMILES string of the molecule is O=C1Nc2c(cccc2C(F)(F)F)C(C(F)(F)F)N1. The molecule has 104 valence electrons. The van der Waals surface area contributed by atoms with Crippen molar-refractivity contribution in [3.8, 4) is 0 Å². The third kappa shape index (κ3) is 2.45. The highest BCUT2D eigenvalue weighted by atomic mass is 19.4. The Morgan fingerprint density at radius 1 is 1.05 bits per heavy atom. The van der Waals surface area contributed by atoms with Gasteiger partial charge in [0.05, 0.1) is 11.3 Å². The lowest BCUT2D eigenvalue weighted by atomic mass is 9.98. The smallest absolute Gasteiger partial charge is 0.322 e. The minimum Gasteiger partial charge on any atom is -0.322 e. The number of nitrogens with one attached hydrogen (secondary N) is 2. The van der Waals surface area contributed by atoms with E-state index in [-0.39, 0.29) is 0 Å². The third-order valence-corrected chi connectivity index (χ3v) is 2.55. The first-order valence-corrected chi connectivity index (χ1v) is 4.95. The second-order valence-electron chi connectivity index (χ2n) is 3.84. The minimum absolute atomic E-state index is 0.609. The van der Waals surface area contributed by atoms with Crippen molar-refractivity contribution in [1.82, 2.24) is 5.32 Å². The topological polar surface area (TPSA) is 41.1 Å². The van der Waals surface area contributed by atoms with E-state index in [9.17, 15) is 31.1 Å². The number of alkyl halides is 6. The van der Waals surface area contributed by atoms with E-state index < -0.39 is 41.2 Å². The average Bonchev–Trinajstić information content (AvgIpc) is 2.24. The fourth-order valence-corrected chi connectivity index (χ4v) is 1.80. The molecule has 1 aliphatic heterocycles. The molecule has 3 nitrogen and oxygen atoms in total. The van der Waals surface area contributed by atoms with Gasteiger partial charge in [0, 0.05) is 5.56 Å². The van der Waals surface area contributed by atoms with Crippen LogP contribution in [0.15, 0.2) is 18.2 Å². The second kappa shape index (κ2) is 4.04. The van der Waals surface area contributed by atoms with Gasteiger partial charge in [-0.15, -0.1) is 0 Å². The molecular formula is C10H6F6N2O. The van der Waals surface area contributed by atoms with Gasteiger partial charge in [0.15, 0.2) is 6.04 Å². The van der Waals surface area contributed by atoms with Crippen molar-refractivity contribution < 1.29 is 31.1 Å². The fraction of sp³-hybridized carbons (Fsp3) is 0.300. The first-order chi connectivity index (χ1) is 8.60. The number of urea groups is 1. The molecule has 2 amide bonds. The van der Waals surface area contributed by atoms with Crippen LogP contribution in [0, 0.1) is 0 Å². The predicted octanol–water partition coefficient (Wildman–Crippen LogP) is 3.44. The molecule has 0 bridgehead atoms. The van der Waals surface area contributed by atoms with Crippen molar-refractivity contribution in [3.63, 3.8) is 0 Å². The number of rotatable bonds is 0. The highest BCUT2D eigenvalue weighted by molar-refractivity contribution is 5.94. The first-order valence-electron chi connectivity index (χ1n) is 4.95. The van der Waals surface area contributed by atoms with E-state index >= 15 is 0 Å². The fourth-order valence-electron chi connectivity index (χ4n) is 1.80. The Morgan fingerprint density at radius 3 is 2.21 bits per heavy atom. The van der Waals surface area contributed by atoms with E-state index in [0.29, 0.717) is 6.07 Å². The molecule has 1 atom stereocenters. The van der Waals surface area contributed by atoms with Crippen molar-refractivity contribution >= 4 is 11.7 Å². The molecule has 0 saturated carbocycles. The summed E-state index contributed by atoms with van der Waals surface area (Å²) in [5, 5.41) is 3.32. The van der Waals surface area contributed by atoms with Crippen LogP contribution in [0.3, 0.4) is 0 Å². The number of hydrogen-bond acceptors (Lipinski definition) is 1. The number of amides is 2. The standard InChI is InChI=1S/C10H6F6N2O/c11-9(12,13)5-3-1-2-4-6(5)17-8(19)18-7(4)10(14,15)16/h1-3,7H,(H2,17,18,19). The molecule has 1 aromatic carbocycles. The molecule has 1 aliphatic rings. The summed E-state index contributed by atoms with van der Waals surface area (Å²) in [5.41, 5.74) is -2.84. The average molecular weight is 284 g/mol. The van der Waals surface area contributed by atoms with Gasteiger partial charge < -0.3 is 10.6 Å². The van der Waals surface area contributed by atoms with Crippen LogP contribution in [0.1, 0.15) is 17.2 Å². The largest absolute Gasteiger partial charge is 0.418 e. The van der Waals surface area contributed by atoms with Crippen LogP contribution in [0.25, 0.3) is 0 Å². The summed E-state index contributed by atoms with van der Waals surface area (Å²) < 4.78 is 76.1. The monoisotopic (exact) mass is 284 g/mol. The summed E-state index contributed by atoms with van der Waals surface area (Å²) in [6.07, 6.45) is -9.73. The van der Waals surface area contributed by atoms with Crippen LogP contribution in [0.2, 0.25) is 0 Å². The molecule has 2 rings (SSSR count). The lowest BCUT2D eigenvalue weighted by Gasteiger charge is -2.30. The van der Waals surface area contributed by atoms with E-state index in [1.54, 1.807) is 10.6 Å². The maximum absolute atomic E-state index is 12.7. The summed E-state index contributed by atoms with van der Waals surface area (Å²) in [5.74, 6) is 0. The molecular weight excluding hydrogens is 278 g/mol. The Bertz CT molecular complexity index is 522. The number of fused-ring (bicyclic) bond motifs is 1. The Morgan fingerprint density at radius 2 is 1.68 bits per heavy atom. The van der Waals surface area contributed by atoms with Gasteiger partial charge in [-0.2, -0.15) is 26.3 Å². The number of hydrogen-bond donors (Lipinski definition) is 2. The molecule has 0 aromatic heterocycles. The Labute approximate surface area is 102 Å². The third-order valence-electron chi connectivity index (χ3n) is 2.55. The lowest BCUT2D eigenvalue weighted by Crippen LogP contribution is -2.45. The normalized spacial score (nSPS) is 19.5. The predicted molar refractivity (Wildman–Crippen MR) is 52.4 cm³/mol. The maximum atomic E-state index is 12.7. The lowest BCUT2D eigenvalue weighted by molar-refractivity contribution is -0.155. The zero-order valence-electron chi connectivity index (χ0n) is 8.99. The number of carbonyl (C=O) groups is 1. The highest BCUT2D eigenvalue weighted by Gasteiger charge is 2.47. The minimum atomic E-state index is -4.88. The van der Waals surface area contributed by atoms with E-state index in [2.05, 4.69) is 0 Å². The summed E-state index contributed by atoms with van der Waals surface area (Å²) in [6, 6.07) is -1.43. The number of para-hydroxylation sites is 1. The number of halogens is 6. The van der Waals surface area contributed by atoms with Gasteiger partial charge in [-0.25, -0.2) is 4.79 Å². The molecule has 1 unspecified atom stereocenters. The van der Waals surface area contributed by atoms with E-state index in [1.807, 2.05) is 0 Å². The molecule has 2 N–H and O–H groups in total. The van der Waals surface area contributed by atoms with E-state index in [1.165, 1.54) is 0 Å². The number of carbonyl (C=O) groups excluding carboxylic acids is 1. The van der Waals surface area contributed by atoms with E-state index in [4.69, 9.17) is 0 Å². The molecule has 1 heterocycles. The summed E-state index contributed by atoms with van der Waals surface area (Å²) >= 11 is 0. The van der Waals surface area contributed by atoms with Gasteiger partial charge in [0.2, 0.25) is 0 Å². The van der Waals surface area contributed by atoms with Crippen molar-refractivity contribution in [2.24, 2.45) is 0 Å². The van der Waals surface area contributed by atoms with Crippen molar-refractivity contribution in [2.75, 3.05) is 5.32 Å². The molecule has 9 heteroatoms. The quantitative estimate of drug-likeness (QED) is 0.704. The van der Waals surface area contributed by atoms with Crippen molar-refractivity contribution in [3.05, 3.63) is 29.3 Å². The van der Waals surface area contributed by atoms with Crippen LogP contribution in [0.4, 0.5) is 36.8 Å². The van der Waals surface area contributed by atoms with Crippen LogP contribution >= 0.6 is 0 Å². The second-order valence-corrected chi connectivity index (χ2v) is 3.84. The van der Waals surface area contributed by atoms with Gasteiger partial charge in [-0.3, -0.25) is 0 Å². The van der Waals surface area contributed by atoms with Crippen LogP contribution in [0.5, 0.6) is 0 Å². The summed E-state index contributed by atoms with van der Waals surface area (Å²) in [4.78, 5) is 11.1. The zero-order chi connectivity index (χ0) is 14.4. The van der Waals surface area contributed by atoms with Crippen LogP contribution in [-0.4, -0.2) is 12.2 Å². The van der Waals surface area contributed by atoms with Gasteiger partial charge in [0.1, 0.15) is 0 Å². The molecule has 0 radical (unpaired) electrons. The molecule has 1 aromatic rings. The molecule has 0 fully saturated rings. The summed E-state index contributed by atoms with van der Waals surface area (Å²) in [7, 11) is 0. The molecule has 0 spiro atoms. The number of anilines is 1. The Kier molecular flexibility index (Phi) is 2.87. The maximum Gasteiger partial charge on any atom is 0.418 e. The number of benzene rings is 1. The van der Waals surface area contributed by atoms with Crippen molar-refractivity contribution in [2.45, 2.75) is 18.4 Å². The van der Waals surface area contributed by atoms with Crippen molar-refractivity contribution in [1.29, 1.82) is 0 Å². The van der Waals surface area contributed by atoms with Gasteiger partial charge >= 0.3 is 18.4 Å². The Hall–Kier alpha value is -1.93. The zero-order valence-corrected chi connectivity index (χ0v) is 8.99. The molecule has 0 saturated heterocycles. The van der Waals surface area contributed by atoms with Crippen LogP contribution in [-0.2, 0) is 6.18 Å². The summed E-state index contributed by atoms with van der Waals surface area (Å²) in [6.45, 7) is 0. The van der Waals surface area contributed by atoms with E-state index in [0.717, 1.165) is 12.1 Å².